The fourth-order valence-electron chi connectivity index (χ4n) is 2.44. The Bertz CT molecular complexity index is 344. The summed E-state index contributed by atoms with van der Waals surface area (Å²) in [6.07, 6.45) is 6.26. The van der Waals surface area contributed by atoms with Crippen LogP contribution >= 0.6 is 12.4 Å². The average molecular weight is 319 g/mol. The lowest BCUT2D eigenvalue weighted by molar-refractivity contribution is -0.135. The topological polar surface area (TPSA) is 59.6 Å². The largest absolute Gasteiger partial charge is 0.376 e. The van der Waals surface area contributed by atoms with E-state index in [0.717, 1.165) is 39.0 Å². The third-order valence-electron chi connectivity index (χ3n) is 3.82. The van der Waals surface area contributed by atoms with Crippen LogP contribution in [0.2, 0.25) is 0 Å². The van der Waals surface area contributed by atoms with E-state index in [1.54, 1.807) is 6.92 Å². The van der Waals surface area contributed by atoms with Gasteiger partial charge >= 0.3 is 0 Å². The number of halogens is 1. The SMILES string of the molecule is CC(OCC1CCCCO1)C(=O)NCC1=CCNCC1.Cl. The van der Waals surface area contributed by atoms with Crippen molar-refractivity contribution in [3.63, 3.8) is 0 Å². The first-order chi connectivity index (χ1) is 9.75. The van der Waals surface area contributed by atoms with E-state index in [2.05, 4.69) is 16.7 Å². The van der Waals surface area contributed by atoms with Gasteiger partial charge in [0.1, 0.15) is 6.10 Å². The normalized spacial score (nSPS) is 23.7. The van der Waals surface area contributed by atoms with E-state index in [1.165, 1.54) is 12.0 Å². The van der Waals surface area contributed by atoms with Gasteiger partial charge in [-0.1, -0.05) is 11.6 Å². The maximum absolute atomic E-state index is 11.9. The molecule has 2 unspecified atom stereocenters. The summed E-state index contributed by atoms with van der Waals surface area (Å²) in [4.78, 5) is 11.9. The Balaban J connectivity index is 0.00000220. The Morgan fingerprint density at radius 1 is 1.57 bits per heavy atom. The van der Waals surface area contributed by atoms with Gasteiger partial charge in [0.15, 0.2) is 0 Å². The Hall–Kier alpha value is -0.620. The summed E-state index contributed by atoms with van der Waals surface area (Å²) in [6.45, 7) is 5.66. The highest BCUT2D eigenvalue weighted by Gasteiger charge is 2.18. The second-order valence-corrected chi connectivity index (χ2v) is 5.50. The first-order valence-electron chi connectivity index (χ1n) is 7.65. The lowest BCUT2D eigenvalue weighted by atomic mass is 10.1. The first-order valence-corrected chi connectivity index (χ1v) is 7.65. The molecular weight excluding hydrogens is 292 g/mol. The molecule has 1 fully saturated rings. The van der Waals surface area contributed by atoms with Crippen LogP contribution in [-0.4, -0.2) is 51.0 Å². The minimum absolute atomic E-state index is 0. The van der Waals surface area contributed by atoms with Crippen molar-refractivity contribution in [2.45, 2.75) is 44.8 Å². The van der Waals surface area contributed by atoms with Crippen LogP contribution < -0.4 is 10.6 Å². The highest BCUT2D eigenvalue weighted by molar-refractivity contribution is 5.85. The Morgan fingerprint density at radius 2 is 2.43 bits per heavy atom. The Morgan fingerprint density at radius 3 is 3.10 bits per heavy atom. The molecule has 122 valence electrons. The lowest BCUT2D eigenvalue weighted by Gasteiger charge is -2.24. The molecule has 2 heterocycles. The Kier molecular flexibility index (Phi) is 8.92. The van der Waals surface area contributed by atoms with E-state index < -0.39 is 6.10 Å². The standard InChI is InChI=1S/C15H26N2O3.ClH/c1-12(20-11-14-4-2-3-9-19-14)15(18)17-10-13-5-7-16-8-6-13;/h5,12,14,16H,2-4,6-11H2,1H3,(H,17,18);1H. The van der Waals surface area contributed by atoms with E-state index in [1.807, 2.05) is 0 Å². The summed E-state index contributed by atoms with van der Waals surface area (Å²) in [6, 6.07) is 0. The lowest BCUT2D eigenvalue weighted by Crippen LogP contribution is -2.38. The fraction of sp³-hybridized carbons (Fsp3) is 0.800. The monoisotopic (exact) mass is 318 g/mol. The van der Waals surface area contributed by atoms with Crippen LogP contribution in [-0.2, 0) is 14.3 Å². The van der Waals surface area contributed by atoms with Crippen LogP contribution in [0.25, 0.3) is 0 Å². The molecule has 2 aliphatic rings. The summed E-state index contributed by atoms with van der Waals surface area (Å²) < 4.78 is 11.2. The molecular formula is C15H27ClN2O3. The predicted molar refractivity (Wildman–Crippen MR) is 84.8 cm³/mol. The van der Waals surface area contributed by atoms with Gasteiger partial charge in [-0.05, 0) is 39.2 Å². The zero-order valence-electron chi connectivity index (χ0n) is 12.7. The minimum atomic E-state index is -0.414. The van der Waals surface area contributed by atoms with Gasteiger partial charge in [-0.2, -0.15) is 0 Å². The van der Waals surface area contributed by atoms with Crippen LogP contribution in [0.4, 0.5) is 0 Å². The number of amides is 1. The van der Waals surface area contributed by atoms with Crippen molar-refractivity contribution < 1.29 is 14.3 Å². The number of carbonyl (C=O) groups excluding carboxylic acids is 1. The van der Waals surface area contributed by atoms with Crippen LogP contribution in [0, 0.1) is 0 Å². The molecule has 5 nitrogen and oxygen atoms in total. The molecule has 0 spiro atoms. The maximum atomic E-state index is 11.9. The smallest absolute Gasteiger partial charge is 0.249 e. The number of ether oxygens (including phenoxy) is 2. The molecule has 0 aromatic rings. The van der Waals surface area contributed by atoms with Crippen molar-refractivity contribution in [1.82, 2.24) is 10.6 Å². The molecule has 0 aliphatic carbocycles. The molecule has 0 bridgehead atoms. The van der Waals surface area contributed by atoms with Crippen molar-refractivity contribution in [3.8, 4) is 0 Å². The van der Waals surface area contributed by atoms with Crippen molar-refractivity contribution in [2.24, 2.45) is 0 Å². The fourth-order valence-corrected chi connectivity index (χ4v) is 2.44. The molecule has 2 atom stereocenters. The van der Waals surface area contributed by atoms with E-state index in [-0.39, 0.29) is 24.4 Å². The first kappa shape index (κ1) is 18.4. The van der Waals surface area contributed by atoms with E-state index in [4.69, 9.17) is 9.47 Å². The second-order valence-electron chi connectivity index (χ2n) is 5.50. The van der Waals surface area contributed by atoms with Crippen molar-refractivity contribution in [1.29, 1.82) is 0 Å². The average Bonchev–Trinajstić information content (AvgIpc) is 2.52. The Labute approximate surface area is 133 Å². The molecule has 0 aromatic carbocycles. The summed E-state index contributed by atoms with van der Waals surface area (Å²) >= 11 is 0. The molecule has 2 rings (SSSR count). The summed E-state index contributed by atoms with van der Waals surface area (Å²) in [5.74, 6) is -0.0414. The third kappa shape index (κ3) is 6.78. The van der Waals surface area contributed by atoms with Gasteiger partial charge in [0.05, 0.1) is 12.7 Å². The van der Waals surface area contributed by atoms with Gasteiger partial charge in [0, 0.05) is 19.7 Å². The number of rotatable bonds is 6. The predicted octanol–water partition coefficient (Wildman–Crippen LogP) is 1.42. The molecule has 0 aromatic heterocycles. The van der Waals surface area contributed by atoms with Gasteiger partial charge in [0.25, 0.3) is 0 Å². The van der Waals surface area contributed by atoms with E-state index in [0.29, 0.717) is 13.2 Å². The molecule has 2 N–H and O–H groups in total. The zero-order chi connectivity index (χ0) is 14.2. The summed E-state index contributed by atoms with van der Waals surface area (Å²) in [5.41, 5.74) is 1.29. The van der Waals surface area contributed by atoms with Gasteiger partial charge in [-0.15, -0.1) is 12.4 Å². The van der Waals surface area contributed by atoms with Crippen molar-refractivity contribution in [3.05, 3.63) is 11.6 Å². The number of hydrogen-bond acceptors (Lipinski definition) is 4. The van der Waals surface area contributed by atoms with Crippen molar-refractivity contribution >= 4 is 18.3 Å². The maximum Gasteiger partial charge on any atom is 0.249 e. The van der Waals surface area contributed by atoms with Crippen LogP contribution in [0.15, 0.2) is 11.6 Å². The van der Waals surface area contributed by atoms with Crippen LogP contribution in [0.3, 0.4) is 0 Å². The third-order valence-corrected chi connectivity index (χ3v) is 3.82. The summed E-state index contributed by atoms with van der Waals surface area (Å²) in [7, 11) is 0. The molecule has 0 radical (unpaired) electrons. The number of hydrogen-bond donors (Lipinski definition) is 2. The highest BCUT2D eigenvalue weighted by atomic mass is 35.5. The quantitative estimate of drug-likeness (QED) is 0.727. The van der Waals surface area contributed by atoms with E-state index in [9.17, 15) is 4.79 Å². The minimum Gasteiger partial charge on any atom is -0.376 e. The van der Waals surface area contributed by atoms with Crippen LogP contribution in [0.5, 0.6) is 0 Å². The molecule has 0 saturated carbocycles. The van der Waals surface area contributed by atoms with Gasteiger partial charge < -0.3 is 20.1 Å². The van der Waals surface area contributed by atoms with Gasteiger partial charge in [0.2, 0.25) is 5.91 Å². The van der Waals surface area contributed by atoms with Gasteiger partial charge in [-0.25, -0.2) is 0 Å². The highest BCUT2D eigenvalue weighted by Crippen LogP contribution is 2.13. The number of nitrogens with one attached hydrogen (secondary N) is 2. The number of carbonyl (C=O) groups is 1. The molecule has 2 aliphatic heterocycles. The second kappa shape index (κ2) is 10.2. The zero-order valence-corrected chi connectivity index (χ0v) is 13.5. The van der Waals surface area contributed by atoms with Gasteiger partial charge in [-0.3, -0.25) is 4.79 Å². The van der Waals surface area contributed by atoms with Crippen LogP contribution in [0.1, 0.15) is 32.6 Å². The molecule has 21 heavy (non-hydrogen) atoms. The van der Waals surface area contributed by atoms with E-state index >= 15 is 0 Å². The molecule has 1 saturated heterocycles. The molecule has 1 amide bonds. The van der Waals surface area contributed by atoms with Crippen molar-refractivity contribution in [2.75, 3.05) is 32.8 Å². The molecule has 6 heteroatoms. The summed E-state index contributed by atoms with van der Waals surface area (Å²) in [5, 5.41) is 6.19.